The van der Waals surface area contributed by atoms with Crippen molar-refractivity contribution in [1.29, 1.82) is 0 Å². The van der Waals surface area contributed by atoms with Crippen molar-refractivity contribution in [2.45, 2.75) is 160 Å². The fourth-order valence-electron chi connectivity index (χ4n) is 4.74. The highest BCUT2D eigenvalue weighted by Gasteiger charge is 2.53. The van der Waals surface area contributed by atoms with E-state index >= 15 is 0 Å². The summed E-state index contributed by atoms with van der Waals surface area (Å²) >= 11 is 0. The molecule has 6 nitrogen and oxygen atoms in total. The minimum atomic E-state index is -1.43. The summed E-state index contributed by atoms with van der Waals surface area (Å²) in [4.78, 5) is 23.2. The van der Waals surface area contributed by atoms with E-state index in [1.807, 2.05) is 0 Å². The first-order valence-corrected chi connectivity index (χ1v) is 13.8. The first-order valence-electron chi connectivity index (χ1n) is 13.8. The second-order valence-corrected chi connectivity index (χ2v) is 9.82. The smallest absolute Gasteiger partial charge is 0.336 e. The van der Waals surface area contributed by atoms with E-state index in [0.717, 1.165) is 38.5 Å². The number of carboxylic acids is 2. The van der Waals surface area contributed by atoms with Gasteiger partial charge in [-0.25, -0.2) is 9.59 Å². The molecule has 0 aromatic carbocycles. The standard InChI is InChI=1S/C27H50O6/c1-3-5-7-9-11-13-15-17-19-21-27(22-20-18-16-14-12-10-8-6-4-2)32-23(25(28)29)24(33-27)26(30)31/h23-24H,3-22H2,1-2H3,(H,28,29)(H,30,31). The largest absolute Gasteiger partial charge is 0.479 e. The first kappa shape index (κ1) is 29.9. The Bertz CT molecular complexity index is 475. The van der Waals surface area contributed by atoms with Gasteiger partial charge < -0.3 is 19.7 Å². The van der Waals surface area contributed by atoms with Crippen LogP contribution in [0.3, 0.4) is 0 Å². The van der Waals surface area contributed by atoms with Gasteiger partial charge in [0.2, 0.25) is 0 Å². The Morgan fingerprint density at radius 1 is 0.545 bits per heavy atom. The molecular formula is C27H50O6. The van der Waals surface area contributed by atoms with Gasteiger partial charge in [0.1, 0.15) is 0 Å². The predicted octanol–water partition coefficient (Wildman–Crippen LogP) is 7.48. The highest BCUT2D eigenvalue weighted by molar-refractivity contribution is 5.84. The molecule has 194 valence electrons. The van der Waals surface area contributed by atoms with Crippen molar-refractivity contribution in [1.82, 2.24) is 0 Å². The van der Waals surface area contributed by atoms with E-state index in [9.17, 15) is 19.8 Å². The molecule has 0 radical (unpaired) electrons. The van der Waals surface area contributed by atoms with Gasteiger partial charge in [0.05, 0.1) is 0 Å². The van der Waals surface area contributed by atoms with Crippen LogP contribution >= 0.6 is 0 Å². The van der Waals surface area contributed by atoms with Crippen LogP contribution in [0.15, 0.2) is 0 Å². The fourth-order valence-corrected chi connectivity index (χ4v) is 4.74. The van der Waals surface area contributed by atoms with E-state index in [1.165, 1.54) is 77.0 Å². The van der Waals surface area contributed by atoms with Crippen molar-refractivity contribution < 1.29 is 29.3 Å². The molecule has 33 heavy (non-hydrogen) atoms. The van der Waals surface area contributed by atoms with Gasteiger partial charge in [0.15, 0.2) is 18.0 Å². The minimum Gasteiger partial charge on any atom is -0.479 e. The molecule has 1 aliphatic rings. The second-order valence-electron chi connectivity index (χ2n) is 9.82. The third-order valence-electron chi connectivity index (χ3n) is 6.77. The van der Waals surface area contributed by atoms with Crippen LogP contribution in [-0.4, -0.2) is 40.1 Å². The summed E-state index contributed by atoms with van der Waals surface area (Å²) in [7, 11) is 0. The molecule has 0 aliphatic carbocycles. The zero-order valence-corrected chi connectivity index (χ0v) is 21.3. The molecule has 1 aliphatic heterocycles. The Labute approximate surface area is 201 Å². The summed E-state index contributed by atoms with van der Waals surface area (Å²) < 4.78 is 11.7. The Balaban J connectivity index is 2.43. The summed E-state index contributed by atoms with van der Waals surface area (Å²) in [5.41, 5.74) is 0. The quantitative estimate of drug-likeness (QED) is 0.159. The number of rotatable bonds is 22. The maximum atomic E-state index is 11.6. The Morgan fingerprint density at radius 2 is 0.818 bits per heavy atom. The molecule has 0 saturated carbocycles. The van der Waals surface area contributed by atoms with Crippen LogP contribution in [-0.2, 0) is 19.1 Å². The van der Waals surface area contributed by atoms with Crippen LogP contribution in [0.2, 0.25) is 0 Å². The summed E-state index contributed by atoms with van der Waals surface area (Å²) in [5.74, 6) is -3.60. The lowest BCUT2D eigenvalue weighted by atomic mass is 9.98. The van der Waals surface area contributed by atoms with Crippen LogP contribution in [0, 0.1) is 0 Å². The molecule has 1 rings (SSSR count). The Hall–Kier alpha value is -1.14. The fraction of sp³-hybridized carbons (Fsp3) is 0.926. The van der Waals surface area contributed by atoms with Gasteiger partial charge in [-0.15, -0.1) is 0 Å². The van der Waals surface area contributed by atoms with E-state index in [1.54, 1.807) is 0 Å². The molecule has 6 heteroatoms. The number of carboxylic acid groups (broad SMARTS) is 2. The molecule has 1 heterocycles. The zero-order chi connectivity index (χ0) is 24.4. The third-order valence-corrected chi connectivity index (χ3v) is 6.77. The van der Waals surface area contributed by atoms with E-state index in [4.69, 9.17) is 9.47 Å². The molecule has 0 aromatic rings. The summed E-state index contributed by atoms with van der Waals surface area (Å²) in [6.45, 7) is 4.45. The van der Waals surface area contributed by atoms with Gasteiger partial charge in [-0.2, -0.15) is 0 Å². The molecular weight excluding hydrogens is 420 g/mol. The zero-order valence-electron chi connectivity index (χ0n) is 21.3. The minimum absolute atomic E-state index is 0.563. The van der Waals surface area contributed by atoms with Gasteiger partial charge in [-0.05, 0) is 12.8 Å². The first-order chi connectivity index (χ1) is 16.0. The van der Waals surface area contributed by atoms with Crippen LogP contribution in [0.1, 0.15) is 142 Å². The van der Waals surface area contributed by atoms with E-state index < -0.39 is 29.9 Å². The number of ether oxygens (including phenoxy) is 2. The van der Waals surface area contributed by atoms with Crippen molar-refractivity contribution in [2.75, 3.05) is 0 Å². The van der Waals surface area contributed by atoms with Gasteiger partial charge in [0.25, 0.3) is 0 Å². The van der Waals surface area contributed by atoms with Crippen LogP contribution in [0.5, 0.6) is 0 Å². The maximum Gasteiger partial charge on any atom is 0.336 e. The van der Waals surface area contributed by atoms with Crippen molar-refractivity contribution in [2.24, 2.45) is 0 Å². The Morgan fingerprint density at radius 3 is 1.09 bits per heavy atom. The number of carbonyl (C=O) groups is 2. The molecule has 0 aromatic heterocycles. The van der Waals surface area contributed by atoms with E-state index in [0.29, 0.717) is 12.8 Å². The van der Waals surface area contributed by atoms with Crippen LogP contribution in [0.25, 0.3) is 0 Å². The van der Waals surface area contributed by atoms with Crippen molar-refractivity contribution >= 4 is 11.9 Å². The average Bonchev–Trinajstić information content (AvgIpc) is 3.18. The number of aliphatic carboxylic acids is 2. The highest BCUT2D eigenvalue weighted by atomic mass is 16.8. The molecule has 2 unspecified atom stereocenters. The average molecular weight is 471 g/mol. The normalized spacial score (nSPS) is 19.7. The summed E-state index contributed by atoms with van der Waals surface area (Å²) in [6.07, 6.45) is 19.7. The van der Waals surface area contributed by atoms with E-state index in [-0.39, 0.29) is 0 Å². The number of hydrogen-bond donors (Lipinski definition) is 2. The van der Waals surface area contributed by atoms with Gasteiger partial charge in [0, 0.05) is 12.8 Å². The predicted molar refractivity (Wildman–Crippen MR) is 131 cm³/mol. The van der Waals surface area contributed by atoms with Gasteiger partial charge >= 0.3 is 11.9 Å². The lowest BCUT2D eigenvalue weighted by molar-refractivity contribution is -0.195. The summed E-state index contributed by atoms with van der Waals surface area (Å²) in [5, 5.41) is 18.9. The highest BCUT2D eigenvalue weighted by Crippen LogP contribution is 2.38. The Kier molecular flexibility index (Phi) is 16.5. The summed E-state index contributed by atoms with van der Waals surface area (Å²) in [6, 6.07) is 0. The van der Waals surface area contributed by atoms with E-state index in [2.05, 4.69) is 13.8 Å². The number of hydrogen-bond acceptors (Lipinski definition) is 4. The van der Waals surface area contributed by atoms with Crippen molar-refractivity contribution in [3.8, 4) is 0 Å². The van der Waals surface area contributed by atoms with Crippen LogP contribution in [0.4, 0.5) is 0 Å². The molecule has 1 saturated heterocycles. The molecule has 0 amide bonds. The van der Waals surface area contributed by atoms with Gasteiger partial charge in [-0.3, -0.25) is 0 Å². The van der Waals surface area contributed by atoms with Crippen LogP contribution < -0.4 is 0 Å². The number of unbranched alkanes of at least 4 members (excludes halogenated alkanes) is 16. The lowest BCUT2D eigenvalue weighted by Gasteiger charge is -2.28. The van der Waals surface area contributed by atoms with Gasteiger partial charge in [-0.1, -0.05) is 117 Å². The molecule has 2 atom stereocenters. The maximum absolute atomic E-state index is 11.6. The molecule has 2 N–H and O–H groups in total. The molecule has 1 fully saturated rings. The SMILES string of the molecule is CCCCCCCCCCCC1(CCCCCCCCCCC)OC(C(=O)O)C(C(=O)O)O1. The second kappa shape index (κ2) is 18.2. The molecule has 0 spiro atoms. The topological polar surface area (TPSA) is 93.1 Å². The molecule has 0 bridgehead atoms. The van der Waals surface area contributed by atoms with Crippen molar-refractivity contribution in [3.63, 3.8) is 0 Å². The monoisotopic (exact) mass is 470 g/mol. The third kappa shape index (κ3) is 12.8. The lowest BCUT2D eigenvalue weighted by Crippen LogP contribution is -2.36. The van der Waals surface area contributed by atoms with Crippen molar-refractivity contribution in [3.05, 3.63) is 0 Å².